The Kier molecular flexibility index (Phi) is 4.60. The van der Waals surface area contributed by atoms with E-state index < -0.39 is 10.9 Å². The zero-order chi connectivity index (χ0) is 12.1. The minimum absolute atomic E-state index is 0.0842. The second-order valence-corrected chi connectivity index (χ2v) is 4.72. The maximum absolute atomic E-state index is 10.6. The monoisotopic (exact) mass is 247 g/mol. The van der Waals surface area contributed by atoms with E-state index in [-0.39, 0.29) is 28.9 Å². The molecule has 0 fully saturated rings. The number of hydrogen-bond donors (Lipinski definition) is 2. The van der Waals surface area contributed by atoms with Crippen molar-refractivity contribution in [3.8, 4) is 0 Å². The van der Waals surface area contributed by atoms with E-state index >= 15 is 0 Å². The van der Waals surface area contributed by atoms with Crippen LogP contribution in [-0.4, -0.2) is 32.1 Å². The molecule has 0 saturated heterocycles. The first-order valence-corrected chi connectivity index (χ1v) is 5.97. The molecule has 0 aromatic carbocycles. The fourth-order valence-corrected chi connectivity index (χ4v) is 2.79. The number of aliphatic carboxylic acids is 1. The predicted octanol–water partition coefficient (Wildman–Crippen LogP) is 1.79. The second kappa shape index (κ2) is 5.74. The van der Waals surface area contributed by atoms with Crippen molar-refractivity contribution < 1.29 is 19.9 Å². The Balaban J connectivity index is 2.38. The predicted molar refractivity (Wildman–Crippen MR) is 59.0 cm³/mol. The minimum Gasteiger partial charge on any atom is -0.505 e. The number of aliphatic hydroxyl groups is 1. The molecule has 7 heteroatoms. The van der Waals surface area contributed by atoms with Gasteiger partial charge in [-0.2, -0.15) is 0 Å². The molecule has 16 heavy (non-hydrogen) atoms. The topological polar surface area (TPSA) is 101 Å². The summed E-state index contributed by atoms with van der Waals surface area (Å²) in [5.41, 5.74) is -0.111. The highest BCUT2D eigenvalue weighted by Crippen LogP contribution is 2.34. The molecule has 0 spiro atoms. The molecule has 0 aromatic heterocycles. The highest BCUT2D eigenvalue weighted by atomic mass is 32.2. The molecule has 0 aliphatic carbocycles. The van der Waals surface area contributed by atoms with Crippen molar-refractivity contribution in [1.82, 2.24) is 0 Å². The molecule has 0 saturated carbocycles. The van der Waals surface area contributed by atoms with Gasteiger partial charge in [0, 0.05) is 6.42 Å². The van der Waals surface area contributed by atoms with E-state index in [9.17, 15) is 20.0 Å². The van der Waals surface area contributed by atoms with Gasteiger partial charge >= 0.3 is 5.97 Å². The van der Waals surface area contributed by atoms with Crippen LogP contribution in [0.4, 0.5) is 0 Å². The van der Waals surface area contributed by atoms with Crippen LogP contribution in [0.15, 0.2) is 11.5 Å². The molecule has 90 valence electrons. The van der Waals surface area contributed by atoms with Gasteiger partial charge in [-0.05, 0) is 12.8 Å². The van der Waals surface area contributed by atoms with Crippen molar-refractivity contribution in [2.24, 2.45) is 0 Å². The lowest BCUT2D eigenvalue weighted by molar-refractivity contribution is -0.429. The van der Waals surface area contributed by atoms with E-state index in [1.54, 1.807) is 0 Å². The van der Waals surface area contributed by atoms with Crippen molar-refractivity contribution in [3.05, 3.63) is 21.6 Å². The molecule has 1 unspecified atom stereocenters. The first-order valence-electron chi connectivity index (χ1n) is 4.92. The van der Waals surface area contributed by atoms with E-state index in [2.05, 4.69) is 0 Å². The number of carboxylic acid groups (broad SMARTS) is 1. The smallest absolute Gasteiger partial charge is 0.303 e. The summed E-state index contributed by atoms with van der Waals surface area (Å²) in [4.78, 5) is 20.4. The average Bonchev–Trinajstić information content (AvgIpc) is 2.54. The maximum Gasteiger partial charge on any atom is 0.303 e. The Morgan fingerprint density at radius 2 is 2.25 bits per heavy atom. The summed E-state index contributed by atoms with van der Waals surface area (Å²) in [6, 6.07) is 0. The standard InChI is InChI=1S/C9H13NO5S/c11-6-5-16-7(9(6)10(14)15)3-1-2-4-8(12)13/h7,11H,1-5H2,(H,12,13). The van der Waals surface area contributed by atoms with Crippen LogP contribution in [-0.2, 0) is 4.79 Å². The summed E-state index contributed by atoms with van der Waals surface area (Å²) in [5.74, 6) is -0.731. The van der Waals surface area contributed by atoms with Crippen LogP contribution in [0.1, 0.15) is 25.7 Å². The maximum atomic E-state index is 10.6. The summed E-state index contributed by atoms with van der Waals surface area (Å²) >= 11 is 1.33. The molecular weight excluding hydrogens is 234 g/mol. The summed E-state index contributed by atoms with van der Waals surface area (Å²) in [6.07, 6.45) is 1.76. The minimum atomic E-state index is -0.855. The van der Waals surface area contributed by atoms with Gasteiger partial charge in [-0.15, -0.1) is 11.8 Å². The number of carboxylic acids is 1. The fraction of sp³-hybridized carbons (Fsp3) is 0.667. The third kappa shape index (κ3) is 3.41. The first kappa shape index (κ1) is 12.8. The molecule has 1 atom stereocenters. The second-order valence-electron chi connectivity index (χ2n) is 3.53. The average molecular weight is 247 g/mol. The Morgan fingerprint density at radius 3 is 2.81 bits per heavy atom. The highest BCUT2D eigenvalue weighted by molar-refractivity contribution is 8.00. The lowest BCUT2D eigenvalue weighted by Gasteiger charge is -2.06. The van der Waals surface area contributed by atoms with Crippen LogP contribution in [0.25, 0.3) is 0 Å². The molecule has 1 aliphatic rings. The van der Waals surface area contributed by atoms with Crippen molar-refractivity contribution in [1.29, 1.82) is 0 Å². The van der Waals surface area contributed by atoms with Crippen LogP contribution in [0.5, 0.6) is 0 Å². The van der Waals surface area contributed by atoms with Crippen LogP contribution in [0.2, 0.25) is 0 Å². The van der Waals surface area contributed by atoms with Crippen LogP contribution in [0.3, 0.4) is 0 Å². The Hall–Kier alpha value is -1.24. The number of thioether (sulfide) groups is 1. The van der Waals surface area contributed by atoms with Crippen molar-refractivity contribution in [3.63, 3.8) is 0 Å². The third-order valence-corrected chi connectivity index (χ3v) is 3.63. The Labute approximate surface area is 96.5 Å². The van der Waals surface area contributed by atoms with Gasteiger partial charge in [0.15, 0.2) is 5.76 Å². The largest absolute Gasteiger partial charge is 0.505 e. The number of nitrogens with zero attached hydrogens (tertiary/aromatic N) is 1. The van der Waals surface area contributed by atoms with E-state index in [1.807, 2.05) is 0 Å². The fourth-order valence-electron chi connectivity index (χ4n) is 1.57. The summed E-state index contributed by atoms with van der Waals surface area (Å²) in [6.45, 7) is 0. The van der Waals surface area contributed by atoms with Gasteiger partial charge in [0.25, 0.3) is 5.70 Å². The number of carbonyl (C=O) groups is 1. The zero-order valence-corrected chi connectivity index (χ0v) is 9.40. The van der Waals surface area contributed by atoms with Crippen LogP contribution < -0.4 is 0 Å². The van der Waals surface area contributed by atoms with Crippen molar-refractivity contribution >= 4 is 17.7 Å². The number of unbranched alkanes of at least 4 members (excludes halogenated alkanes) is 1. The number of rotatable bonds is 6. The normalized spacial score (nSPS) is 20.1. The molecule has 0 amide bonds. The molecule has 1 heterocycles. The summed E-state index contributed by atoms with van der Waals surface area (Å²) in [5, 5.41) is 28.1. The van der Waals surface area contributed by atoms with Crippen LogP contribution >= 0.6 is 11.8 Å². The first-order chi connectivity index (χ1) is 7.52. The van der Waals surface area contributed by atoms with E-state index in [0.717, 1.165) is 0 Å². The van der Waals surface area contributed by atoms with Crippen molar-refractivity contribution in [2.75, 3.05) is 5.75 Å². The van der Waals surface area contributed by atoms with Crippen molar-refractivity contribution in [2.45, 2.75) is 30.9 Å². The summed E-state index contributed by atoms with van der Waals surface area (Å²) in [7, 11) is 0. The molecular formula is C9H13NO5S. The van der Waals surface area contributed by atoms with E-state index in [1.165, 1.54) is 11.8 Å². The molecule has 0 radical (unpaired) electrons. The van der Waals surface area contributed by atoms with Gasteiger partial charge < -0.3 is 10.2 Å². The van der Waals surface area contributed by atoms with Gasteiger partial charge in [0.1, 0.15) is 0 Å². The number of aliphatic hydroxyl groups excluding tert-OH is 1. The SMILES string of the molecule is O=C(O)CCCCC1SCC(O)=C1[N+](=O)[O-]. The van der Waals surface area contributed by atoms with Gasteiger partial charge in [0.2, 0.25) is 0 Å². The molecule has 1 rings (SSSR count). The molecule has 6 nitrogen and oxygen atoms in total. The van der Waals surface area contributed by atoms with E-state index in [0.29, 0.717) is 19.3 Å². The highest BCUT2D eigenvalue weighted by Gasteiger charge is 2.35. The molecule has 0 aromatic rings. The summed E-state index contributed by atoms with van der Waals surface area (Å²) < 4.78 is 0. The molecule has 0 bridgehead atoms. The number of nitro groups is 1. The quantitative estimate of drug-likeness (QED) is 0.421. The van der Waals surface area contributed by atoms with Crippen LogP contribution in [0, 0.1) is 10.1 Å². The zero-order valence-electron chi connectivity index (χ0n) is 8.59. The lowest BCUT2D eigenvalue weighted by atomic mass is 10.1. The third-order valence-electron chi connectivity index (χ3n) is 2.33. The molecule has 1 aliphatic heterocycles. The van der Waals surface area contributed by atoms with E-state index in [4.69, 9.17) is 5.11 Å². The van der Waals surface area contributed by atoms with Gasteiger partial charge in [-0.25, -0.2) is 0 Å². The van der Waals surface area contributed by atoms with Gasteiger partial charge in [-0.3, -0.25) is 14.9 Å². The Bertz CT molecular complexity index is 328. The lowest BCUT2D eigenvalue weighted by Crippen LogP contribution is -2.12. The Morgan fingerprint density at radius 1 is 1.56 bits per heavy atom. The number of hydrogen-bond acceptors (Lipinski definition) is 5. The van der Waals surface area contributed by atoms with Gasteiger partial charge in [0.05, 0.1) is 15.9 Å². The molecule has 2 N–H and O–H groups in total. The van der Waals surface area contributed by atoms with Gasteiger partial charge in [-0.1, -0.05) is 6.42 Å².